The summed E-state index contributed by atoms with van der Waals surface area (Å²) in [6.45, 7) is 0.822. The highest BCUT2D eigenvalue weighted by Gasteiger charge is 2.20. The van der Waals surface area contributed by atoms with Crippen LogP contribution < -0.4 is 19.5 Å². The van der Waals surface area contributed by atoms with Crippen molar-refractivity contribution in [3.8, 4) is 17.2 Å². The lowest BCUT2D eigenvalue weighted by atomic mass is 10.0. The predicted molar refractivity (Wildman–Crippen MR) is 111 cm³/mol. The van der Waals surface area contributed by atoms with Crippen molar-refractivity contribution in [2.75, 3.05) is 42.0 Å². The molecule has 6 nitrogen and oxygen atoms in total. The zero-order valence-corrected chi connectivity index (χ0v) is 17.7. The Kier molecular flexibility index (Phi) is 7.96. The van der Waals surface area contributed by atoms with Crippen LogP contribution in [0.1, 0.15) is 28.4 Å². The zero-order valence-electron chi connectivity index (χ0n) is 16.9. The molecule has 1 atom stereocenters. The lowest BCUT2D eigenvalue weighted by Crippen LogP contribution is -2.31. The number of hydrogen-bond donors (Lipinski definition) is 1. The topological polar surface area (TPSA) is 60.0 Å². The van der Waals surface area contributed by atoms with Crippen LogP contribution in [0.5, 0.6) is 17.2 Å². The summed E-state index contributed by atoms with van der Waals surface area (Å²) in [5, 5.41) is 3.76. The first-order valence-electron chi connectivity index (χ1n) is 8.90. The Labute approximate surface area is 171 Å². The van der Waals surface area contributed by atoms with Crippen LogP contribution in [0, 0.1) is 0 Å². The van der Waals surface area contributed by atoms with Crippen molar-refractivity contribution < 1.29 is 19.0 Å². The van der Waals surface area contributed by atoms with Crippen molar-refractivity contribution in [3.63, 3.8) is 0 Å². The lowest BCUT2D eigenvalue weighted by Gasteiger charge is -2.22. The molecule has 7 heteroatoms. The second kappa shape index (κ2) is 10.2. The summed E-state index contributed by atoms with van der Waals surface area (Å²) in [7, 11) is 8.57. The SMILES string of the molecule is COc1cc(C(=O)NC(CCN(C)C)c2ccc(Cl)cc2)cc(OC)c1OC. The van der Waals surface area contributed by atoms with Crippen LogP contribution in [0.2, 0.25) is 5.02 Å². The maximum absolute atomic E-state index is 13.0. The van der Waals surface area contributed by atoms with Crippen LogP contribution in [0.4, 0.5) is 0 Å². The number of benzene rings is 2. The second-order valence-corrected chi connectivity index (χ2v) is 7.02. The fourth-order valence-corrected chi connectivity index (χ4v) is 2.98. The zero-order chi connectivity index (χ0) is 20.7. The Morgan fingerprint density at radius 2 is 1.61 bits per heavy atom. The van der Waals surface area contributed by atoms with Gasteiger partial charge in [0.15, 0.2) is 11.5 Å². The third kappa shape index (κ3) is 5.53. The van der Waals surface area contributed by atoms with Gasteiger partial charge in [-0.3, -0.25) is 4.79 Å². The molecule has 2 aromatic carbocycles. The van der Waals surface area contributed by atoms with Gasteiger partial charge in [-0.05, 0) is 56.9 Å². The van der Waals surface area contributed by atoms with E-state index in [9.17, 15) is 4.79 Å². The van der Waals surface area contributed by atoms with Gasteiger partial charge in [0.1, 0.15) is 0 Å². The van der Waals surface area contributed by atoms with Crippen LogP contribution in [-0.4, -0.2) is 52.8 Å². The predicted octanol–water partition coefficient (Wildman–Crippen LogP) is 3.79. The molecule has 0 aliphatic carbocycles. The molecule has 1 amide bonds. The maximum Gasteiger partial charge on any atom is 0.252 e. The van der Waals surface area contributed by atoms with Crippen molar-refractivity contribution in [2.45, 2.75) is 12.5 Å². The van der Waals surface area contributed by atoms with E-state index in [0.717, 1.165) is 18.5 Å². The number of nitrogens with one attached hydrogen (secondary N) is 1. The number of methoxy groups -OCH3 is 3. The fraction of sp³-hybridized carbons (Fsp3) is 0.381. The molecule has 0 aliphatic heterocycles. The summed E-state index contributed by atoms with van der Waals surface area (Å²) in [4.78, 5) is 15.1. The minimum Gasteiger partial charge on any atom is -0.493 e. The van der Waals surface area contributed by atoms with Gasteiger partial charge in [0.2, 0.25) is 5.75 Å². The molecule has 0 aliphatic rings. The molecule has 0 bridgehead atoms. The van der Waals surface area contributed by atoms with Gasteiger partial charge >= 0.3 is 0 Å². The van der Waals surface area contributed by atoms with Crippen molar-refractivity contribution in [1.29, 1.82) is 0 Å². The molecule has 2 aromatic rings. The van der Waals surface area contributed by atoms with E-state index in [1.807, 2.05) is 38.4 Å². The lowest BCUT2D eigenvalue weighted by molar-refractivity contribution is 0.0932. The largest absolute Gasteiger partial charge is 0.493 e. The van der Waals surface area contributed by atoms with E-state index in [1.54, 1.807) is 12.1 Å². The van der Waals surface area contributed by atoms with Crippen LogP contribution in [0.25, 0.3) is 0 Å². The van der Waals surface area contributed by atoms with Gasteiger partial charge in [0.05, 0.1) is 27.4 Å². The van der Waals surface area contributed by atoms with Crippen molar-refractivity contribution in [1.82, 2.24) is 10.2 Å². The molecule has 0 fully saturated rings. The molecule has 1 N–H and O–H groups in total. The van der Waals surface area contributed by atoms with Crippen molar-refractivity contribution in [3.05, 3.63) is 52.5 Å². The highest BCUT2D eigenvalue weighted by molar-refractivity contribution is 6.30. The molecule has 1 unspecified atom stereocenters. The number of halogens is 1. The standard InChI is InChI=1S/C21H27ClN2O4/c1-24(2)11-10-17(14-6-8-16(22)9-7-14)23-21(25)15-12-18(26-3)20(28-5)19(13-15)27-4/h6-9,12-13,17H,10-11H2,1-5H3,(H,23,25). The third-order valence-corrected chi connectivity index (χ3v) is 4.62. The number of ether oxygens (including phenoxy) is 3. The number of nitrogens with zero attached hydrogens (tertiary/aromatic N) is 1. The van der Waals surface area contributed by atoms with Gasteiger partial charge in [0, 0.05) is 10.6 Å². The summed E-state index contributed by atoms with van der Waals surface area (Å²) >= 11 is 6.01. The van der Waals surface area contributed by atoms with Crippen LogP contribution in [-0.2, 0) is 0 Å². The Morgan fingerprint density at radius 3 is 2.07 bits per heavy atom. The molecule has 0 heterocycles. The van der Waals surface area contributed by atoms with Gasteiger partial charge < -0.3 is 24.4 Å². The normalized spacial score (nSPS) is 11.8. The van der Waals surface area contributed by atoms with E-state index in [1.165, 1.54) is 21.3 Å². The summed E-state index contributed by atoms with van der Waals surface area (Å²) < 4.78 is 16.0. The molecule has 0 saturated carbocycles. The van der Waals surface area contributed by atoms with E-state index >= 15 is 0 Å². The smallest absolute Gasteiger partial charge is 0.252 e. The van der Waals surface area contributed by atoms with Crippen molar-refractivity contribution >= 4 is 17.5 Å². The van der Waals surface area contributed by atoms with E-state index in [0.29, 0.717) is 27.8 Å². The fourth-order valence-electron chi connectivity index (χ4n) is 2.86. The maximum atomic E-state index is 13.0. The summed E-state index contributed by atoms with van der Waals surface area (Å²) in [6, 6.07) is 10.6. The van der Waals surface area contributed by atoms with Gasteiger partial charge in [-0.15, -0.1) is 0 Å². The highest BCUT2D eigenvalue weighted by atomic mass is 35.5. The average molecular weight is 407 g/mol. The third-order valence-electron chi connectivity index (χ3n) is 4.37. The monoisotopic (exact) mass is 406 g/mol. The number of rotatable bonds is 9. The minimum atomic E-state index is -0.224. The second-order valence-electron chi connectivity index (χ2n) is 6.58. The van der Waals surface area contributed by atoms with Gasteiger partial charge in [-0.2, -0.15) is 0 Å². The van der Waals surface area contributed by atoms with Crippen LogP contribution in [0.3, 0.4) is 0 Å². The molecular formula is C21H27ClN2O4. The van der Waals surface area contributed by atoms with Crippen LogP contribution >= 0.6 is 11.6 Å². The first kappa shape index (κ1) is 21.9. The van der Waals surface area contributed by atoms with Crippen molar-refractivity contribution in [2.24, 2.45) is 0 Å². The number of hydrogen-bond acceptors (Lipinski definition) is 5. The molecular weight excluding hydrogens is 380 g/mol. The molecule has 0 radical (unpaired) electrons. The molecule has 0 aromatic heterocycles. The number of carbonyl (C=O) groups excluding carboxylic acids is 1. The van der Waals surface area contributed by atoms with Gasteiger partial charge in [-0.25, -0.2) is 0 Å². The quantitative estimate of drug-likeness (QED) is 0.686. The first-order chi connectivity index (χ1) is 13.4. The minimum absolute atomic E-state index is 0.161. The first-order valence-corrected chi connectivity index (χ1v) is 9.28. The number of carbonyl (C=O) groups is 1. The van der Waals surface area contributed by atoms with Crippen LogP contribution in [0.15, 0.2) is 36.4 Å². The van der Waals surface area contributed by atoms with E-state index < -0.39 is 0 Å². The molecule has 28 heavy (non-hydrogen) atoms. The van der Waals surface area contributed by atoms with Gasteiger partial charge in [0.25, 0.3) is 5.91 Å². The molecule has 0 spiro atoms. The summed E-state index contributed by atoms with van der Waals surface area (Å²) in [5.74, 6) is 1.09. The summed E-state index contributed by atoms with van der Waals surface area (Å²) in [5.41, 5.74) is 1.42. The highest BCUT2D eigenvalue weighted by Crippen LogP contribution is 2.38. The Hall–Kier alpha value is -2.44. The molecule has 2 rings (SSSR count). The van der Waals surface area contributed by atoms with E-state index in [2.05, 4.69) is 10.2 Å². The Balaban J connectivity index is 2.30. The average Bonchev–Trinajstić information content (AvgIpc) is 2.70. The van der Waals surface area contributed by atoms with Gasteiger partial charge in [-0.1, -0.05) is 23.7 Å². The molecule has 0 saturated heterocycles. The molecule has 152 valence electrons. The Bertz CT molecular complexity index is 768. The Morgan fingerprint density at radius 1 is 1.04 bits per heavy atom. The van der Waals surface area contributed by atoms with E-state index in [-0.39, 0.29) is 11.9 Å². The summed E-state index contributed by atoms with van der Waals surface area (Å²) in [6.07, 6.45) is 0.755. The van der Waals surface area contributed by atoms with E-state index in [4.69, 9.17) is 25.8 Å². The number of amides is 1.